The number of rotatable bonds is 3. The Morgan fingerprint density at radius 3 is 2.65 bits per heavy atom. The summed E-state index contributed by atoms with van der Waals surface area (Å²) in [4.78, 5) is 15.7. The molecule has 0 radical (unpaired) electrons. The Bertz CT molecular complexity index is 647. The summed E-state index contributed by atoms with van der Waals surface area (Å²) < 4.78 is 0. The van der Waals surface area contributed by atoms with Gasteiger partial charge in [-0.05, 0) is 18.2 Å². The van der Waals surface area contributed by atoms with E-state index >= 15 is 0 Å². The number of carbonyl (C=O) groups is 1. The van der Waals surface area contributed by atoms with Crippen LogP contribution in [0.5, 0.6) is 0 Å². The first-order valence-corrected chi connectivity index (χ1v) is 7.29. The van der Waals surface area contributed by atoms with E-state index in [9.17, 15) is 9.90 Å². The minimum Gasteiger partial charge on any atom is -0.478 e. The average molecular weight is 311 g/mol. The van der Waals surface area contributed by atoms with Gasteiger partial charge in [-0.15, -0.1) is 11.3 Å². The third-order valence-corrected chi connectivity index (χ3v) is 3.72. The van der Waals surface area contributed by atoms with E-state index in [-0.39, 0.29) is 11.0 Å². The SMILES string of the molecule is CC(C)(C)c1csc(Nc2ccc(Cl)cc2C(=O)O)n1. The van der Waals surface area contributed by atoms with Crippen LogP contribution in [0.3, 0.4) is 0 Å². The van der Waals surface area contributed by atoms with E-state index in [1.165, 1.54) is 17.4 Å². The maximum absolute atomic E-state index is 11.2. The predicted molar refractivity (Wildman–Crippen MR) is 82.5 cm³/mol. The molecular formula is C14H15ClN2O2S. The summed E-state index contributed by atoms with van der Waals surface area (Å²) in [5.74, 6) is -1.03. The average Bonchev–Trinajstić information content (AvgIpc) is 2.79. The smallest absolute Gasteiger partial charge is 0.337 e. The van der Waals surface area contributed by atoms with E-state index < -0.39 is 5.97 Å². The number of thiazole rings is 1. The molecule has 2 N–H and O–H groups in total. The van der Waals surface area contributed by atoms with Gasteiger partial charge in [0.15, 0.2) is 5.13 Å². The summed E-state index contributed by atoms with van der Waals surface area (Å²) in [7, 11) is 0. The van der Waals surface area contributed by atoms with Gasteiger partial charge in [0.1, 0.15) is 0 Å². The standard InChI is InChI=1S/C14H15ClN2O2S/c1-14(2,3)11-7-20-13(17-11)16-10-5-4-8(15)6-9(10)12(18)19/h4-7H,1-3H3,(H,16,17)(H,18,19). The lowest BCUT2D eigenvalue weighted by molar-refractivity contribution is 0.0698. The summed E-state index contributed by atoms with van der Waals surface area (Å²) in [5.41, 5.74) is 1.55. The second kappa shape index (κ2) is 5.42. The molecule has 0 spiro atoms. The van der Waals surface area contributed by atoms with Crippen molar-refractivity contribution in [1.29, 1.82) is 0 Å². The minimum absolute atomic E-state index is 0.0357. The van der Waals surface area contributed by atoms with Gasteiger partial charge in [0.2, 0.25) is 0 Å². The Morgan fingerprint density at radius 2 is 2.10 bits per heavy atom. The number of halogens is 1. The summed E-state index contributed by atoms with van der Waals surface area (Å²) >= 11 is 7.27. The molecule has 0 saturated carbocycles. The highest BCUT2D eigenvalue weighted by Gasteiger charge is 2.18. The summed E-state index contributed by atoms with van der Waals surface area (Å²) in [6.45, 7) is 6.24. The second-order valence-corrected chi connectivity index (χ2v) is 6.70. The monoisotopic (exact) mass is 310 g/mol. The van der Waals surface area contributed by atoms with Gasteiger partial charge in [0, 0.05) is 15.8 Å². The molecule has 4 nitrogen and oxygen atoms in total. The molecule has 0 aliphatic carbocycles. The number of aromatic nitrogens is 1. The topological polar surface area (TPSA) is 62.2 Å². The molecule has 1 heterocycles. The van der Waals surface area contributed by atoms with Crippen molar-refractivity contribution in [2.45, 2.75) is 26.2 Å². The van der Waals surface area contributed by atoms with E-state index in [0.29, 0.717) is 15.8 Å². The molecular weight excluding hydrogens is 296 g/mol. The van der Waals surface area contributed by atoms with E-state index in [2.05, 4.69) is 31.1 Å². The number of anilines is 2. The van der Waals surface area contributed by atoms with Crippen LogP contribution in [0.1, 0.15) is 36.8 Å². The zero-order valence-corrected chi connectivity index (χ0v) is 13.0. The molecule has 0 aliphatic rings. The quantitative estimate of drug-likeness (QED) is 0.874. The number of aromatic carboxylic acids is 1. The summed E-state index contributed by atoms with van der Waals surface area (Å²) in [6.07, 6.45) is 0. The first-order valence-electron chi connectivity index (χ1n) is 6.03. The Morgan fingerprint density at radius 1 is 1.40 bits per heavy atom. The molecule has 2 aromatic rings. The Kier molecular flexibility index (Phi) is 4.01. The number of nitrogens with zero attached hydrogens (tertiary/aromatic N) is 1. The van der Waals surface area contributed by atoms with Crippen molar-refractivity contribution in [2.75, 3.05) is 5.32 Å². The van der Waals surface area contributed by atoms with Crippen LogP contribution in [0.4, 0.5) is 10.8 Å². The summed E-state index contributed by atoms with van der Waals surface area (Å²) in [5, 5.41) is 15.3. The predicted octanol–water partition coefficient (Wildman–Crippen LogP) is 4.54. The molecule has 1 aromatic carbocycles. The van der Waals surface area contributed by atoms with Crippen LogP contribution in [0.2, 0.25) is 5.02 Å². The largest absolute Gasteiger partial charge is 0.478 e. The number of hydrogen-bond acceptors (Lipinski definition) is 4. The minimum atomic E-state index is -1.03. The van der Waals surface area contributed by atoms with Gasteiger partial charge >= 0.3 is 5.97 Å². The molecule has 0 amide bonds. The molecule has 2 rings (SSSR count). The van der Waals surface area contributed by atoms with Crippen molar-refractivity contribution in [3.05, 3.63) is 39.9 Å². The normalized spacial score (nSPS) is 11.4. The molecule has 106 valence electrons. The van der Waals surface area contributed by atoms with Crippen LogP contribution in [-0.2, 0) is 5.41 Å². The van der Waals surface area contributed by atoms with Gasteiger partial charge in [0.05, 0.1) is 16.9 Å². The van der Waals surface area contributed by atoms with Crippen molar-refractivity contribution in [3.8, 4) is 0 Å². The maximum atomic E-state index is 11.2. The fraction of sp³-hybridized carbons (Fsp3) is 0.286. The van der Waals surface area contributed by atoms with Gasteiger partial charge in [0.25, 0.3) is 0 Å². The highest BCUT2D eigenvalue weighted by atomic mass is 35.5. The molecule has 0 saturated heterocycles. The van der Waals surface area contributed by atoms with Gasteiger partial charge < -0.3 is 10.4 Å². The lowest BCUT2D eigenvalue weighted by Gasteiger charge is -2.14. The van der Waals surface area contributed by atoms with Crippen molar-refractivity contribution in [3.63, 3.8) is 0 Å². The Hall–Kier alpha value is -1.59. The summed E-state index contributed by atoms with van der Waals surface area (Å²) in [6, 6.07) is 4.71. The highest BCUT2D eigenvalue weighted by Crippen LogP contribution is 2.30. The van der Waals surface area contributed by atoms with Gasteiger partial charge in [-0.1, -0.05) is 32.4 Å². The van der Waals surface area contributed by atoms with Crippen molar-refractivity contribution >= 4 is 39.7 Å². The third kappa shape index (κ3) is 3.29. The molecule has 0 aliphatic heterocycles. The number of benzene rings is 1. The van der Waals surface area contributed by atoms with Crippen LogP contribution in [0.25, 0.3) is 0 Å². The second-order valence-electron chi connectivity index (χ2n) is 5.41. The molecule has 6 heteroatoms. The van der Waals surface area contributed by atoms with Crippen LogP contribution < -0.4 is 5.32 Å². The lowest BCUT2D eigenvalue weighted by Crippen LogP contribution is -2.11. The van der Waals surface area contributed by atoms with E-state index in [1.54, 1.807) is 12.1 Å². The van der Waals surface area contributed by atoms with Gasteiger partial charge in [-0.25, -0.2) is 9.78 Å². The third-order valence-electron chi connectivity index (χ3n) is 2.73. The van der Waals surface area contributed by atoms with E-state index in [4.69, 9.17) is 11.6 Å². The van der Waals surface area contributed by atoms with Gasteiger partial charge in [-0.2, -0.15) is 0 Å². The first-order chi connectivity index (χ1) is 9.27. The Balaban J connectivity index is 2.31. The Labute approximate surface area is 126 Å². The fourth-order valence-electron chi connectivity index (χ4n) is 1.59. The number of carboxylic acid groups (broad SMARTS) is 1. The van der Waals surface area contributed by atoms with Crippen molar-refractivity contribution < 1.29 is 9.90 Å². The molecule has 0 bridgehead atoms. The van der Waals surface area contributed by atoms with Gasteiger partial charge in [-0.3, -0.25) is 0 Å². The van der Waals surface area contributed by atoms with Crippen molar-refractivity contribution in [1.82, 2.24) is 4.98 Å². The number of nitrogens with one attached hydrogen (secondary N) is 1. The van der Waals surface area contributed by atoms with E-state index in [0.717, 1.165) is 5.69 Å². The number of carboxylic acids is 1. The van der Waals surface area contributed by atoms with Crippen LogP contribution >= 0.6 is 22.9 Å². The highest BCUT2D eigenvalue weighted by molar-refractivity contribution is 7.13. The van der Waals surface area contributed by atoms with Crippen LogP contribution in [0, 0.1) is 0 Å². The lowest BCUT2D eigenvalue weighted by atomic mass is 9.93. The van der Waals surface area contributed by atoms with E-state index in [1.807, 2.05) is 5.38 Å². The first kappa shape index (κ1) is 14.8. The molecule has 1 aromatic heterocycles. The van der Waals surface area contributed by atoms with Crippen LogP contribution in [-0.4, -0.2) is 16.1 Å². The fourth-order valence-corrected chi connectivity index (χ4v) is 2.71. The molecule has 0 unspecified atom stereocenters. The zero-order valence-electron chi connectivity index (χ0n) is 11.4. The molecule has 0 fully saturated rings. The maximum Gasteiger partial charge on any atom is 0.337 e. The zero-order chi connectivity index (χ0) is 14.9. The number of hydrogen-bond donors (Lipinski definition) is 2. The molecule has 0 atom stereocenters. The van der Waals surface area contributed by atoms with Crippen molar-refractivity contribution in [2.24, 2.45) is 0 Å². The van der Waals surface area contributed by atoms with Crippen LogP contribution in [0.15, 0.2) is 23.6 Å². The molecule has 20 heavy (non-hydrogen) atoms.